The van der Waals surface area contributed by atoms with Gasteiger partial charge in [-0.3, -0.25) is 14.4 Å². The Balaban J connectivity index is 1.74. The molecular formula is C31H30N4O10. The summed E-state index contributed by atoms with van der Waals surface area (Å²) in [7, 11) is 0. The van der Waals surface area contributed by atoms with E-state index in [-0.39, 0.29) is 48.2 Å². The number of nitrogens with two attached hydrogens (primary N) is 2. The number of fused-ring (bicyclic) bond motifs is 2. The average Bonchev–Trinajstić information content (AvgIpc) is 2.96. The third-order valence-corrected chi connectivity index (χ3v) is 6.81. The van der Waals surface area contributed by atoms with Crippen molar-refractivity contribution in [2.45, 2.75) is 38.3 Å². The van der Waals surface area contributed by atoms with E-state index in [2.05, 4.69) is 4.99 Å². The van der Waals surface area contributed by atoms with Gasteiger partial charge in [-0.25, -0.2) is 14.6 Å². The maximum absolute atomic E-state index is 14.1. The van der Waals surface area contributed by atoms with Crippen LogP contribution in [0.1, 0.15) is 50.2 Å². The second kappa shape index (κ2) is 14.0. The lowest BCUT2D eigenvalue weighted by Gasteiger charge is -2.29. The van der Waals surface area contributed by atoms with Crippen LogP contribution < -0.4 is 20.9 Å². The van der Waals surface area contributed by atoms with Crippen LogP contribution in [0.25, 0.3) is 0 Å². The zero-order valence-electron chi connectivity index (χ0n) is 23.8. The number of esters is 1. The predicted molar refractivity (Wildman–Crippen MR) is 158 cm³/mol. The molecular weight excluding hydrogens is 588 g/mol. The molecule has 1 aliphatic heterocycles. The Hall–Kier alpha value is -5.92. The minimum Gasteiger partial charge on any atom is -0.489 e. The molecule has 234 valence electrons. The molecule has 3 aromatic rings. The summed E-state index contributed by atoms with van der Waals surface area (Å²) in [6.45, 7) is -0.305. The van der Waals surface area contributed by atoms with Crippen molar-refractivity contribution in [2.75, 3.05) is 6.61 Å². The monoisotopic (exact) mass is 618 g/mol. The summed E-state index contributed by atoms with van der Waals surface area (Å²) in [4.78, 5) is 67.3. The first-order valence-corrected chi connectivity index (χ1v) is 13.7. The Bertz CT molecular complexity index is 1680. The van der Waals surface area contributed by atoms with E-state index in [1.807, 2.05) is 0 Å². The molecule has 0 aliphatic carbocycles. The number of hydrogen-bond acceptors (Lipinski definition) is 8. The van der Waals surface area contributed by atoms with Crippen LogP contribution >= 0.6 is 0 Å². The van der Waals surface area contributed by atoms with Gasteiger partial charge in [0.25, 0.3) is 5.91 Å². The molecule has 0 radical (unpaired) electrons. The van der Waals surface area contributed by atoms with Gasteiger partial charge in [0.15, 0.2) is 17.5 Å². The van der Waals surface area contributed by atoms with Crippen LogP contribution in [0.4, 0.5) is 5.69 Å². The summed E-state index contributed by atoms with van der Waals surface area (Å²) < 4.78 is 11.6. The van der Waals surface area contributed by atoms with Gasteiger partial charge in [0.2, 0.25) is 0 Å². The number of amides is 1. The van der Waals surface area contributed by atoms with Crippen molar-refractivity contribution in [1.29, 1.82) is 0 Å². The van der Waals surface area contributed by atoms with Crippen molar-refractivity contribution >= 4 is 41.4 Å². The van der Waals surface area contributed by atoms with Gasteiger partial charge in [0, 0.05) is 6.54 Å². The largest absolute Gasteiger partial charge is 0.489 e. The highest BCUT2D eigenvalue weighted by molar-refractivity contribution is 6.01. The van der Waals surface area contributed by atoms with Gasteiger partial charge in [-0.05, 0) is 59.9 Å². The van der Waals surface area contributed by atoms with Gasteiger partial charge in [-0.2, -0.15) is 0 Å². The fraction of sp³-hybridized carbons (Fsp3) is 0.226. The first kappa shape index (κ1) is 32.0. The van der Waals surface area contributed by atoms with Crippen molar-refractivity contribution in [1.82, 2.24) is 4.90 Å². The first-order chi connectivity index (χ1) is 21.4. The third-order valence-electron chi connectivity index (χ3n) is 6.81. The van der Waals surface area contributed by atoms with E-state index in [0.29, 0.717) is 35.2 Å². The number of aliphatic imine (C=N–C) groups is 1. The Morgan fingerprint density at radius 1 is 0.933 bits per heavy atom. The quantitative estimate of drug-likeness (QED) is 0.0953. The van der Waals surface area contributed by atoms with Crippen LogP contribution in [0, 0.1) is 0 Å². The predicted octanol–water partition coefficient (Wildman–Crippen LogP) is 2.33. The van der Waals surface area contributed by atoms with Gasteiger partial charge in [0.05, 0.1) is 36.3 Å². The molecule has 4 rings (SSSR count). The average molecular weight is 619 g/mol. The van der Waals surface area contributed by atoms with Crippen molar-refractivity contribution in [3.63, 3.8) is 0 Å². The number of rotatable bonds is 10. The van der Waals surface area contributed by atoms with E-state index in [4.69, 9.17) is 20.9 Å². The van der Waals surface area contributed by atoms with Gasteiger partial charge in [0.1, 0.15) is 6.04 Å². The number of carboxylic acids is 3. The number of carbonyl (C=O) groups excluding carboxylic acids is 2. The summed E-state index contributed by atoms with van der Waals surface area (Å²) in [6.07, 6.45) is -0.477. The summed E-state index contributed by atoms with van der Waals surface area (Å²) in [6, 6.07) is 13.2. The van der Waals surface area contributed by atoms with Crippen LogP contribution in [-0.4, -0.2) is 68.6 Å². The highest BCUT2D eigenvalue weighted by atomic mass is 16.6. The lowest BCUT2D eigenvalue weighted by molar-refractivity contribution is -0.149. The topological polar surface area (TPSA) is 232 Å². The molecule has 0 fully saturated rings. The van der Waals surface area contributed by atoms with Crippen LogP contribution in [0.3, 0.4) is 0 Å². The highest BCUT2D eigenvalue weighted by Crippen LogP contribution is 2.35. The maximum atomic E-state index is 14.1. The zero-order chi connectivity index (χ0) is 32.7. The fourth-order valence-electron chi connectivity index (χ4n) is 4.89. The van der Waals surface area contributed by atoms with Crippen molar-refractivity contribution < 1.29 is 48.8 Å². The van der Waals surface area contributed by atoms with Gasteiger partial charge in [-0.1, -0.05) is 30.3 Å². The second-order valence-corrected chi connectivity index (χ2v) is 10.1. The first-order valence-electron chi connectivity index (χ1n) is 13.7. The van der Waals surface area contributed by atoms with Gasteiger partial charge >= 0.3 is 23.9 Å². The maximum Gasteiger partial charge on any atom is 0.343 e. The van der Waals surface area contributed by atoms with E-state index < -0.39 is 42.2 Å². The number of carboxylic acid groups (broad SMARTS) is 3. The number of para-hydroxylation sites is 1. The van der Waals surface area contributed by atoms with Crippen LogP contribution in [0.2, 0.25) is 0 Å². The molecule has 0 unspecified atom stereocenters. The Labute approximate surface area is 256 Å². The number of carbonyl (C=O) groups is 5. The zero-order valence-corrected chi connectivity index (χ0v) is 23.8. The molecule has 1 atom stereocenters. The highest BCUT2D eigenvalue weighted by Gasteiger charge is 2.35. The molecule has 3 aromatic carbocycles. The number of benzene rings is 3. The van der Waals surface area contributed by atoms with Gasteiger partial charge in [-0.15, -0.1) is 0 Å². The smallest absolute Gasteiger partial charge is 0.343 e. The number of aryl methyl sites for hydroxylation is 1. The molecule has 1 heterocycles. The molecule has 7 N–H and O–H groups in total. The van der Waals surface area contributed by atoms with Crippen molar-refractivity contribution in [3.05, 3.63) is 88.5 Å². The Morgan fingerprint density at radius 2 is 1.67 bits per heavy atom. The minimum absolute atomic E-state index is 0.0650. The number of guanidine groups is 1. The van der Waals surface area contributed by atoms with E-state index in [1.165, 1.54) is 30.3 Å². The van der Waals surface area contributed by atoms with E-state index in [0.717, 1.165) is 4.90 Å². The number of ether oxygens (including phenoxy) is 2. The normalized spacial score (nSPS) is 13.1. The number of hydrogen-bond donors (Lipinski definition) is 5. The lowest BCUT2D eigenvalue weighted by Crippen LogP contribution is -2.46. The lowest BCUT2D eigenvalue weighted by atomic mass is 10.0. The van der Waals surface area contributed by atoms with Crippen molar-refractivity contribution in [3.8, 4) is 11.5 Å². The third kappa shape index (κ3) is 8.13. The van der Waals surface area contributed by atoms with E-state index >= 15 is 0 Å². The summed E-state index contributed by atoms with van der Waals surface area (Å²) in [5.41, 5.74) is 12.8. The van der Waals surface area contributed by atoms with Crippen LogP contribution in [0.5, 0.6) is 11.5 Å². The molecule has 1 amide bonds. The Morgan fingerprint density at radius 3 is 2.36 bits per heavy atom. The fourth-order valence-corrected chi connectivity index (χ4v) is 4.89. The summed E-state index contributed by atoms with van der Waals surface area (Å²) >= 11 is 0. The molecule has 1 aliphatic rings. The van der Waals surface area contributed by atoms with Crippen LogP contribution in [-0.2, 0) is 33.8 Å². The number of aliphatic carboxylic acids is 3. The van der Waals surface area contributed by atoms with Crippen LogP contribution in [0.15, 0.2) is 65.7 Å². The molecule has 0 spiro atoms. The van der Waals surface area contributed by atoms with E-state index in [9.17, 15) is 39.3 Å². The SMILES string of the molecule is NC(N)=Nc1ccc2c(c1)CCCOc1c(cccc1C(=O)N(Cc1cccc(CC(=O)O)c1)[C@@H](CC(=O)O)C(=O)O)OC2=O. The second-order valence-electron chi connectivity index (χ2n) is 10.1. The minimum atomic E-state index is -1.80. The van der Waals surface area contributed by atoms with E-state index in [1.54, 1.807) is 30.3 Å². The summed E-state index contributed by atoms with van der Waals surface area (Å²) in [5, 5.41) is 28.6. The summed E-state index contributed by atoms with van der Waals surface area (Å²) in [5.74, 6) is -6.15. The molecule has 0 saturated heterocycles. The Kier molecular flexibility index (Phi) is 9.98. The molecule has 14 nitrogen and oxygen atoms in total. The molecule has 14 heteroatoms. The van der Waals surface area contributed by atoms with Gasteiger partial charge < -0.3 is 41.2 Å². The molecule has 0 bridgehead atoms. The standard InChI is InChI=1S/C31H30N4O10/c32-31(33)34-20-9-10-21-19(14-20)6-3-11-44-27-22(7-2-8-24(27)45-30(21)43)28(40)35(23(29(41)42)15-26(38)39)16-18-5-1-4-17(12-18)13-25(36)37/h1-2,4-5,7-10,12,14,23H,3,6,11,13,15-16H2,(H,36,37)(H,38,39)(H,41,42)(H4,32,33,34)/t23-/m0/s1. The number of nitrogens with zero attached hydrogens (tertiary/aromatic N) is 2. The molecule has 45 heavy (non-hydrogen) atoms. The molecule has 0 saturated carbocycles. The molecule has 0 aromatic heterocycles. The van der Waals surface area contributed by atoms with Crippen molar-refractivity contribution in [2.24, 2.45) is 16.5 Å².